The Kier molecular flexibility index (Phi) is 4.67. The number of carbonyl (C=O) groups is 1. The lowest BCUT2D eigenvalue weighted by molar-refractivity contribution is -0.132. The van der Waals surface area contributed by atoms with Gasteiger partial charge in [-0.3, -0.25) is 4.79 Å². The van der Waals surface area contributed by atoms with Gasteiger partial charge in [-0.1, -0.05) is 6.07 Å². The zero-order chi connectivity index (χ0) is 16.4. The van der Waals surface area contributed by atoms with Crippen LogP contribution in [0.15, 0.2) is 24.4 Å². The molecule has 3 aliphatic heterocycles. The van der Waals surface area contributed by atoms with Crippen molar-refractivity contribution in [3.63, 3.8) is 0 Å². The highest BCUT2D eigenvalue weighted by atomic mass is 16.5. The maximum atomic E-state index is 12.7. The van der Waals surface area contributed by atoms with Crippen molar-refractivity contribution in [2.24, 2.45) is 5.92 Å². The first-order chi connectivity index (χ1) is 11.8. The molecule has 0 aliphatic carbocycles. The number of rotatable bonds is 3. The van der Waals surface area contributed by atoms with Crippen LogP contribution in [0.5, 0.6) is 0 Å². The normalized spacial score (nSPS) is 28.0. The van der Waals surface area contributed by atoms with Crippen LogP contribution in [0.25, 0.3) is 0 Å². The second-order valence-electron chi connectivity index (χ2n) is 6.92. The van der Waals surface area contributed by atoms with Crippen LogP contribution in [0, 0.1) is 5.92 Å². The molecule has 0 radical (unpaired) electrons. The van der Waals surface area contributed by atoms with Crippen molar-refractivity contribution >= 4 is 11.7 Å². The summed E-state index contributed by atoms with van der Waals surface area (Å²) in [6.07, 6.45) is 4.57. The highest BCUT2D eigenvalue weighted by Gasteiger charge is 2.42. The SMILES string of the molecule is O=C(CC1CCOCC1)N1C[C@@H]2OCCN(c3ccccn3)[C@H]2C1. The number of likely N-dealkylation sites (tertiary alicyclic amines) is 1. The molecule has 0 unspecified atom stereocenters. The predicted molar refractivity (Wildman–Crippen MR) is 89.9 cm³/mol. The van der Waals surface area contributed by atoms with Gasteiger partial charge < -0.3 is 19.3 Å². The smallest absolute Gasteiger partial charge is 0.223 e. The summed E-state index contributed by atoms with van der Waals surface area (Å²) in [5, 5.41) is 0. The van der Waals surface area contributed by atoms with Crippen LogP contribution < -0.4 is 4.90 Å². The molecule has 24 heavy (non-hydrogen) atoms. The van der Waals surface area contributed by atoms with Crippen LogP contribution in [0.1, 0.15) is 19.3 Å². The minimum Gasteiger partial charge on any atom is -0.381 e. The summed E-state index contributed by atoms with van der Waals surface area (Å²) in [4.78, 5) is 21.5. The third kappa shape index (κ3) is 3.26. The molecular weight excluding hydrogens is 306 g/mol. The molecule has 0 bridgehead atoms. The van der Waals surface area contributed by atoms with E-state index in [1.165, 1.54) is 0 Å². The number of ether oxygens (including phenoxy) is 2. The molecule has 0 spiro atoms. The minimum absolute atomic E-state index is 0.0967. The lowest BCUT2D eigenvalue weighted by Gasteiger charge is -2.37. The highest BCUT2D eigenvalue weighted by molar-refractivity contribution is 5.77. The summed E-state index contributed by atoms with van der Waals surface area (Å²) >= 11 is 0. The van der Waals surface area contributed by atoms with Crippen LogP contribution in [-0.4, -0.2) is 67.4 Å². The Morgan fingerprint density at radius 3 is 2.88 bits per heavy atom. The van der Waals surface area contributed by atoms with Gasteiger partial charge in [0.05, 0.1) is 18.8 Å². The van der Waals surface area contributed by atoms with E-state index in [4.69, 9.17) is 9.47 Å². The fourth-order valence-corrected chi connectivity index (χ4v) is 4.03. The van der Waals surface area contributed by atoms with Crippen LogP contribution >= 0.6 is 0 Å². The molecule has 1 amide bonds. The Bertz CT molecular complexity index is 562. The van der Waals surface area contributed by atoms with Crippen molar-refractivity contribution in [2.75, 3.05) is 44.4 Å². The molecule has 6 heteroatoms. The molecule has 130 valence electrons. The zero-order valence-corrected chi connectivity index (χ0v) is 14.0. The number of morpholine rings is 1. The molecule has 4 heterocycles. The Hall–Kier alpha value is -1.66. The Labute approximate surface area is 142 Å². The molecule has 4 rings (SSSR count). The summed E-state index contributed by atoms with van der Waals surface area (Å²) in [6.45, 7) is 4.55. The first-order valence-corrected chi connectivity index (χ1v) is 8.96. The lowest BCUT2D eigenvalue weighted by Crippen LogP contribution is -2.51. The molecule has 3 aliphatic rings. The van der Waals surface area contributed by atoms with Gasteiger partial charge in [0.25, 0.3) is 0 Å². The number of hydrogen-bond donors (Lipinski definition) is 0. The fourth-order valence-electron chi connectivity index (χ4n) is 4.03. The predicted octanol–water partition coefficient (Wildman–Crippen LogP) is 1.31. The third-order valence-electron chi connectivity index (χ3n) is 5.40. The number of aromatic nitrogens is 1. The summed E-state index contributed by atoms with van der Waals surface area (Å²) < 4.78 is 11.3. The highest BCUT2D eigenvalue weighted by Crippen LogP contribution is 2.28. The summed E-state index contributed by atoms with van der Waals surface area (Å²) in [6, 6.07) is 6.19. The van der Waals surface area contributed by atoms with Gasteiger partial charge >= 0.3 is 0 Å². The van der Waals surface area contributed by atoms with Gasteiger partial charge in [0, 0.05) is 45.5 Å². The average Bonchev–Trinajstić information content (AvgIpc) is 3.08. The summed E-state index contributed by atoms with van der Waals surface area (Å²) in [7, 11) is 0. The fraction of sp³-hybridized carbons (Fsp3) is 0.667. The maximum Gasteiger partial charge on any atom is 0.223 e. The van der Waals surface area contributed by atoms with Crippen molar-refractivity contribution in [1.82, 2.24) is 9.88 Å². The van der Waals surface area contributed by atoms with Gasteiger partial charge in [-0.15, -0.1) is 0 Å². The number of carbonyl (C=O) groups excluding carboxylic acids is 1. The van der Waals surface area contributed by atoms with E-state index in [1.807, 2.05) is 29.3 Å². The van der Waals surface area contributed by atoms with Gasteiger partial charge in [-0.2, -0.15) is 0 Å². The molecular formula is C18H25N3O3. The minimum atomic E-state index is 0.0967. The molecule has 0 N–H and O–H groups in total. The van der Waals surface area contributed by atoms with Gasteiger partial charge in [0.15, 0.2) is 0 Å². The zero-order valence-electron chi connectivity index (χ0n) is 14.0. The quantitative estimate of drug-likeness (QED) is 0.836. The van der Waals surface area contributed by atoms with Gasteiger partial charge in [-0.25, -0.2) is 4.98 Å². The largest absolute Gasteiger partial charge is 0.381 e. The van der Waals surface area contributed by atoms with E-state index < -0.39 is 0 Å². The molecule has 2 atom stereocenters. The lowest BCUT2D eigenvalue weighted by atomic mass is 9.96. The first kappa shape index (κ1) is 15.8. The number of pyridine rings is 1. The monoisotopic (exact) mass is 331 g/mol. The van der Waals surface area contributed by atoms with Crippen LogP contribution in [0.3, 0.4) is 0 Å². The van der Waals surface area contributed by atoms with Gasteiger partial charge in [0.1, 0.15) is 5.82 Å². The maximum absolute atomic E-state index is 12.7. The van der Waals surface area contributed by atoms with E-state index in [0.717, 1.165) is 45.0 Å². The second-order valence-corrected chi connectivity index (χ2v) is 6.92. The number of amides is 1. The summed E-state index contributed by atoms with van der Waals surface area (Å²) in [5.41, 5.74) is 0. The Morgan fingerprint density at radius 1 is 1.21 bits per heavy atom. The average molecular weight is 331 g/mol. The third-order valence-corrected chi connectivity index (χ3v) is 5.40. The molecule has 0 saturated carbocycles. The van der Waals surface area contributed by atoms with Crippen LogP contribution in [-0.2, 0) is 14.3 Å². The number of fused-ring (bicyclic) bond motifs is 1. The van der Waals surface area contributed by atoms with E-state index in [-0.39, 0.29) is 18.1 Å². The standard InChI is InChI=1S/C18H25N3O3/c22-18(11-14-4-8-23-9-5-14)20-12-15-16(13-20)24-10-7-21(15)17-3-1-2-6-19-17/h1-3,6,14-16H,4-5,7-13H2/t15-,16-/m0/s1. The number of anilines is 1. The molecule has 6 nitrogen and oxygen atoms in total. The first-order valence-electron chi connectivity index (χ1n) is 8.96. The van der Waals surface area contributed by atoms with Crippen molar-refractivity contribution in [1.29, 1.82) is 0 Å². The van der Waals surface area contributed by atoms with Gasteiger partial charge in [-0.05, 0) is 30.9 Å². The molecule has 3 saturated heterocycles. The van der Waals surface area contributed by atoms with Crippen LogP contribution in [0.4, 0.5) is 5.82 Å². The van der Waals surface area contributed by atoms with E-state index in [1.54, 1.807) is 0 Å². The van der Waals surface area contributed by atoms with Crippen molar-refractivity contribution in [2.45, 2.75) is 31.4 Å². The topological polar surface area (TPSA) is 54.9 Å². The van der Waals surface area contributed by atoms with Crippen molar-refractivity contribution < 1.29 is 14.3 Å². The number of nitrogens with zero attached hydrogens (tertiary/aromatic N) is 3. The second kappa shape index (κ2) is 7.07. The molecule has 1 aromatic rings. The Morgan fingerprint density at radius 2 is 2.08 bits per heavy atom. The van der Waals surface area contributed by atoms with Crippen LogP contribution in [0.2, 0.25) is 0 Å². The van der Waals surface area contributed by atoms with Crippen molar-refractivity contribution in [3.05, 3.63) is 24.4 Å². The molecule has 1 aromatic heterocycles. The van der Waals surface area contributed by atoms with E-state index >= 15 is 0 Å². The van der Waals surface area contributed by atoms with E-state index in [2.05, 4.69) is 9.88 Å². The number of hydrogen-bond acceptors (Lipinski definition) is 5. The van der Waals surface area contributed by atoms with Gasteiger partial charge in [0.2, 0.25) is 5.91 Å². The Balaban J connectivity index is 1.41. The van der Waals surface area contributed by atoms with E-state index in [0.29, 0.717) is 25.5 Å². The van der Waals surface area contributed by atoms with E-state index in [9.17, 15) is 4.79 Å². The van der Waals surface area contributed by atoms with Crippen molar-refractivity contribution in [3.8, 4) is 0 Å². The molecule has 3 fully saturated rings. The summed E-state index contributed by atoms with van der Waals surface area (Å²) in [5.74, 6) is 1.72. The molecule has 0 aromatic carbocycles.